The van der Waals surface area contributed by atoms with Crippen molar-refractivity contribution < 1.29 is 10.2 Å². The van der Waals surface area contributed by atoms with Gasteiger partial charge in [0.1, 0.15) is 5.69 Å². The third kappa shape index (κ3) is 2.40. The zero-order valence-corrected chi connectivity index (χ0v) is 9.22. The molecule has 17 heavy (non-hydrogen) atoms. The van der Waals surface area contributed by atoms with E-state index in [0.29, 0.717) is 18.7 Å². The van der Waals surface area contributed by atoms with Crippen molar-refractivity contribution in [2.75, 3.05) is 24.6 Å². The van der Waals surface area contributed by atoms with Gasteiger partial charge >= 0.3 is 5.69 Å². The number of anilines is 1. The van der Waals surface area contributed by atoms with Crippen LogP contribution in [0.4, 0.5) is 5.69 Å². The van der Waals surface area contributed by atoms with Gasteiger partial charge < -0.3 is 20.1 Å². The van der Waals surface area contributed by atoms with Crippen LogP contribution in [0, 0.1) is 5.92 Å². The molecule has 1 aliphatic rings. The Morgan fingerprint density at radius 3 is 2.82 bits per heavy atom. The predicted octanol–water partition coefficient (Wildman–Crippen LogP) is -1.76. The molecule has 0 saturated carbocycles. The van der Waals surface area contributed by atoms with Gasteiger partial charge in [-0.15, -0.1) is 0 Å². The summed E-state index contributed by atoms with van der Waals surface area (Å²) in [6.07, 6.45) is 1.28. The molecule has 1 aromatic heterocycles. The van der Waals surface area contributed by atoms with E-state index in [1.54, 1.807) is 4.90 Å². The summed E-state index contributed by atoms with van der Waals surface area (Å²) in [7, 11) is 0. The number of aliphatic hydroxyl groups excluding tert-OH is 2. The largest absolute Gasteiger partial charge is 0.396 e. The van der Waals surface area contributed by atoms with Gasteiger partial charge in [0.2, 0.25) is 0 Å². The van der Waals surface area contributed by atoms with Crippen molar-refractivity contribution in [1.29, 1.82) is 0 Å². The molecule has 1 fully saturated rings. The van der Waals surface area contributed by atoms with Gasteiger partial charge in [0.15, 0.2) is 0 Å². The quantitative estimate of drug-likeness (QED) is 0.490. The number of aromatic nitrogens is 2. The Morgan fingerprint density at radius 1 is 1.47 bits per heavy atom. The monoisotopic (exact) mass is 241 g/mol. The molecule has 0 amide bonds. The molecule has 0 spiro atoms. The lowest BCUT2D eigenvalue weighted by Gasteiger charge is -2.35. The maximum atomic E-state index is 11.5. The Balaban J connectivity index is 2.19. The fourth-order valence-electron chi connectivity index (χ4n) is 2.05. The van der Waals surface area contributed by atoms with E-state index in [9.17, 15) is 14.7 Å². The van der Waals surface area contributed by atoms with Crippen LogP contribution in [0.5, 0.6) is 0 Å². The average molecular weight is 241 g/mol. The van der Waals surface area contributed by atoms with Crippen molar-refractivity contribution >= 4 is 5.69 Å². The third-order valence-corrected chi connectivity index (χ3v) is 3.10. The number of hydrogen-bond acceptors (Lipinski definition) is 5. The molecule has 94 valence electrons. The lowest BCUT2D eigenvalue weighted by Crippen LogP contribution is -2.47. The Hall–Kier alpha value is -1.60. The van der Waals surface area contributed by atoms with Crippen LogP contribution in [-0.4, -0.2) is 46.0 Å². The van der Waals surface area contributed by atoms with E-state index in [0.717, 1.165) is 0 Å². The van der Waals surface area contributed by atoms with Gasteiger partial charge in [-0.25, -0.2) is 4.79 Å². The van der Waals surface area contributed by atoms with Crippen LogP contribution < -0.4 is 16.1 Å². The van der Waals surface area contributed by atoms with Crippen LogP contribution in [0.2, 0.25) is 0 Å². The zero-order chi connectivity index (χ0) is 12.4. The fourth-order valence-corrected chi connectivity index (χ4v) is 2.05. The average Bonchev–Trinajstić information content (AvgIpc) is 2.29. The van der Waals surface area contributed by atoms with Crippen LogP contribution in [0.15, 0.2) is 15.8 Å². The second-order valence-corrected chi connectivity index (χ2v) is 4.20. The van der Waals surface area contributed by atoms with Crippen LogP contribution >= 0.6 is 0 Å². The highest BCUT2D eigenvalue weighted by Gasteiger charge is 2.28. The molecule has 1 aliphatic heterocycles. The van der Waals surface area contributed by atoms with E-state index in [1.165, 1.54) is 6.20 Å². The molecule has 1 saturated heterocycles. The molecule has 0 radical (unpaired) electrons. The SMILES string of the molecule is O=c1[nH]cc(N2CC[C@H](CO)[C@@H](O)C2)c(=O)[nH]1. The van der Waals surface area contributed by atoms with Gasteiger partial charge in [0, 0.05) is 31.8 Å². The van der Waals surface area contributed by atoms with Gasteiger partial charge in [-0.2, -0.15) is 0 Å². The molecule has 2 rings (SSSR count). The van der Waals surface area contributed by atoms with E-state index in [-0.39, 0.29) is 19.1 Å². The Kier molecular flexibility index (Phi) is 3.30. The first-order valence-corrected chi connectivity index (χ1v) is 5.47. The van der Waals surface area contributed by atoms with Crippen molar-refractivity contribution in [1.82, 2.24) is 9.97 Å². The minimum absolute atomic E-state index is 0.0585. The normalized spacial score (nSPS) is 24.9. The van der Waals surface area contributed by atoms with E-state index >= 15 is 0 Å². The second-order valence-electron chi connectivity index (χ2n) is 4.20. The summed E-state index contributed by atoms with van der Waals surface area (Å²) in [5.41, 5.74) is -0.687. The number of nitrogens with one attached hydrogen (secondary N) is 2. The van der Waals surface area contributed by atoms with Crippen LogP contribution in [0.25, 0.3) is 0 Å². The van der Waals surface area contributed by atoms with E-state index in [2.05, 4.69) is 9.97 Å². The van der Waals surface area contributed by atoms with Gasteiger partial charge in [-0.1, -0.05) is 0 Å². The minimum atomic E-state index is -0.667. The molecule has 1 aromatic rings. The molecular weight excluding hydrogens is 226 g/mol. The maximum Gasteiger partial charge on any atom is 0.325 e. The highest BCUT2D eigenvalue weighted by Crippen LogP contribution is 2.20. The number of aromatic amines is 2. The first-order chi connectivity index (χ1) is 8.11. The number of hydrogen-bond donors (Lipinski definition) is 4. The lowest BCUT2D eigenvalue weighted by atomic mass is 9.94. The number of rotatable bonds is 2. The fraction of sp³-hybridized carbons (Fsp3) is 0.600. The summed E-state index contributed by atoms with van der Waals surface area (Å²) in [4.78, 5) is 28.7. The summed E-state index contributed by atoms with van der Waals surface area (Å²) in [6, 6.07) is 0. The van der Waals surface area contributed by atoms with E-state index in [4.69, 9.17) is 5.11 Å². The molecule has 2 atom stereocenters. The first-order valence-electron chi connectivity index (χ1n) is 5.47. The summed E-state index contributed by atoms with van der Waals surface area (Å²) in [5.74, 6) is -0.145. The van der Waals surface area contributed by atoms with E-state index in [1.807, 2.05) is 0 Å². The molecule has 0 aromatic carbocycles. The lowest BCUT2D eigenvalue weighted by molar-refractivity contribution is 0.0547. The summed E-state index contributed by atoms with van der Waals surface area (Å²) in [6.45, 7) is 0.786. The van der Waals surface area contributed by atoms with Gasteiger partial charge in [0.25, 0.3) is 5.56 Å². The number of aliphatic hydroxyl groups is 2. The summed E-state index contributed by atoms with van der Waals surface area (Å²) in [5, 5.41) is 18.8. The number of β-amino-alcohol motifs (C(OH)–C–C–N with tert-alkyl or cyclic N) is 1. The Bertz CT molecular complexity index is 495. The molecule has 0 unspecified atom stereocenters. The van der Waals surface area contributed by atoms with Crippen molar-refractivity contribution in [2.45, 2.75) is 12.5 Å². The molecule has 0 aliphatic carbocycles. The Morgan fingerprint density at radius 2 is 2.24 bits per heavy atom. The topological polar surface area (TPSA) is 109 Å². The summed E-state index contributed by atoms with van der Waals surface area (Å²) < 4.78 is 0. The van der Waals surface area contributed by atoms with Crippen LogP contribution in [0.1, 0.15) is 6.42 Å². The number of H-pyrrole nitrogens is 2. The number of nitrogens with zero attached hydrogens (tertiary/aromatic N) is 1. The van der Waals surface area contributed by atoms with Gasteiger partial charge in [-0.05, 0) is 6.42 Å². The van der Waals surface area contributed by atoms with Crippen molar-refractivity contribution in [3.8, 4) is 0 Å². The third-order valence-electron chi connectivity index (χ3n) is 3.10. The molecule has 7 heteroatoms. The highest BCUT2D eigenvalue weighted by molar-refractivity contribution is 5.42. The standard InChI is InChI=1S/C10H15N3O4/c14-5-6-1-2-13(4-8(6)15)7-3-11-10(17)12-9(7)16/h3,6,8,14-15H,1-2,4-5H2,(H2,11,12,16,17)/t6-,8+/m1/s1. The molecular formula is C10H15N3O4. The number of piperidine rings is 1. The zero-order valence-electron chi connectivity index (χ0n) is 9.22. The molecule has 2 heterocycles. The summed E-state index contributed by atoms with van der Waals surface area (Å²) >= 11 is 0. The van der Waals surface area contributed by atoms with Crippen LogP contribution in [0.3, 0.4) is 0 Å². The van der Waals surface area contributed by atoms with Gasteiger partial charge in [0.05, 0.1) is 6.10 Å². The van der Waals surface area contributed by atoms with Crippen LogP contribution in [-0.2, 0) is 0 Å². The predicted molar refractivity (Wildman–Crippen MR) is 61.1 cm³/mol. The van der Waals surface area contributed by atoms with Crippen molar-refractivity contribution in [3.63, 3.8) is 0 Å². The van der Waals surface area contributed by atoms with Gasteiger partial charge in [-0.3, -0.25) is 9.78 Å². The molecule has 4 N–H and O–H groups in total. The molecule has 7 nitrogen and oxygen atoms in total. The van der Waals surface area contributed by atoms with Crippen molar-refractivity contribution in [2.24, 2.45) is 5.92 Å². The van der Waals surface area contributed by atoms with Crippen molar-refractivity contribution in [3.05, 3.63) is 27.0 Å². The first kappa shape index (κ1) is 11.9. The maximum absolute atomic E-state index is 11.5. The second kappa shape index (κ2) is 4.72. The highest BCUT2D eigenvalue weighted by atomic mass is 16.3. The van der Waals surface area contributed by atoms with E-state index < -0.39 is 17.4 Å². The molecule has 0 bridgehead atoms. The Labute approximate surface area is 96.7 Å². The smallest absolute Gasteiger partial charge is 0.325 e. The minimum Gasteiger partial charge on any atom is -0.396 e.